The van der Waals surface area contributed by atoms with Crippen molar-refractivity contribution in [2.45, 2.75) is 26.4 Å². The first-order valence-electron chi connectivity index (χ1n) is 5.95. The third-order valence-electron chi connectivity index (χ3n) is 2.73. The summed E-state index contributed by atoms with van der Waals surface area (Å²) >= 11 is 6.11. The van der Waals surface area contributed by atoms with Gasteiger partial charge in [-0.25, -0.2) is 9.97 Å². The monoisotopic (exact) mass is 261 g/mol. The molecule has 0 unspecified atom stereocenters. The van der Waals surface area contributed by atoms with Crippen molar-refractivity contribution in [3.63, 3.8) is 0 Å². The molecule has 0 amide bonds. The normalized spacial score (nSPS) is 10.7. The zero-order chi connectivity index (χ0) is 13.0. The average molecular weight is 262 g/mol. The Morgan fingerprint density at radius 1 is 1.11 bits per heavy atom. The van der Waals surface area contributed by atoms with Crippen LogP contribution < -0.4 is 4.90 Å². The molecule has 3 nitrogen and oxygen atoms in total. The van der Waals surface area contributed by atoms with Crippen LogP contribution in [0.5, 0.6) is 0 Å². The molecule has 4 heteroatoms. The Bertz CT molecular complexity index is 499. The zero-order valence-electron chi connectivity index (χ0n) is 10.5. The molecule has 18 heavy (non-hydrogen) atoms. The van der Waals surface area contributed by atoms with E-state index in [-0.39, 0.29) is 0 Å². The Morgan fingerprint density at radius 3 is 2.39 bits per heavy atom. The van der Waals surface area contributed by atoms with E-state index in [9.17, 15) is 0 Å². The molecule has 0 aliphatic heterocycles. The Balaban J connectivity index is 2.27. The van der Waals surface area contributed by atoms with Crippen LogP contribution in [0, 0.1) is 0 Å². The second-order valence-corrected chi connectivity index (χ2v) is 4.74. The number of aromatic nitrogens is 2. The summed E-state index contributed by atoms with van der Waals surface area (Å²) in [5, 5.41) is 0.446. The fourth-order valence-corrected chi connectivity index (χ4v) is 2.00. The van der Waals surface area contributed by atoms with E-state index < -0.39 is 0 Å². The molecule has 1 aromatic carbocycles. The lowest BCUT2D eigenvalue weighted by molar-refractivity contribution is 0.670. The van der Waals surface area contributed by atoms with E-state index in [2.05, 4.69) is 40.8 Å². The third-order valence-corrected chi connectivity index (χ3v) is 2.99. The standard InChI is InChI=1S/C14H16ClN3/c1-11(2)18(10-12-6-4-3-5-7-12)14-13(15)16-8-9-17-14/h3-9,11H,10H2,1-2H3. The fraction of sp³-hybridized carbons (Fsp3) is 0.286. The summed E-state index contributed by atoms with van der Waals surface area (Å²) in [6, 6.07) is 10.6. The molecule has 2 rings (SSSR count). The van der Waals surface area contributed by atoms with Gasteiger partial charge in [-0.3, -0.25) is 0 Å². The molecule has 0 aliphatic rings. The Hall–Kier alpha value is -1.61. The molecule has 0 fully saturated rings. The Labute approximate surface area is 112 Å². The van der Waals surface area contributed by atoms with Crippen molar-refractivity contribution in [1.82, 2.24) is 9.97 Å². The lowest BCUT2D eigenvalue weighted by Crippen LogP contribution is -2.31. The number of hydrogen-bond acceptors (Lipinski definition) is 3. The molecule has 1 heterocycles. The second kappa shape index (κ2) is 5.83. The maximum Gasteiger partial charge on any atom is 0.171 e. The fourth-order valence-electron chi connectivity index (χ4n) is 1.79. The van der Waals surface area contributed by atoms with Crippen molar-refractivity contribution in [2.75, 3.05) is 4.90 Å². The van der Waals surface area contributed by atoms with Crippen LogP contribution in [0.25, 0.3) is 0 Å². The highest BCUT2D eigenvalue weighted by Crippen LogP contribution is 2.23. The summed E-state index contributed by atoms with van der Waals surface area (Å²) in [7, 11) is 0. The number of halogens is 1. The zero-order valence-corrected chi connectivity index (χ0v) is 11.3. The van der Waals surface area contributed by atoms with Crippen LogP contribution >= 0.6 is 11.6 Å². The van der Waals surface area contributed by atoms with Gasteiger partial charge in [-0.1, -0.05) is 41.9 Å². The first-order chi connectivity index (χ1) is 8.68. The number of benzene rings is 1. The van der Waals surface area contributed by atoms with Gasteiger partial charge in [0.25, 0.3) is 0 Å². The first kappa shape index (κ1) is 12.8. The first-order valence-corrected chi connectivity index (χ1v) is 6.33. The van der Waals surface area contributed by atoms with Gasteiger partial charge in [0.05, 0.1) is 0 Å². The van der Waals surface area contributed by atoms with E-state index in [0.29, 0.717) is 11.2 Å². The average Bonchev–Trinajstić information content (AvgIpc) is 2.38. The van der Waals surface area contributed by atoms with Crippen LogP contribution in [0.4, 0.5) is 5.82 Å². The van der Waals surface area contributed by atoms with Gasteiger partial charge in [-0.15, -0.1) is 0 Å². The minimum Gasteiger partial charge on any atom is -0.347 e. The predicted octanol–water partition coefficient (Wildman–Crippen LogP) is 3.55. The van der Waals surface area contributed by atoms with Crippen molar-refractivity contribution in [1.29, 1.82) is 0 Å². The molecule has 0 aliphatic carbocycles. The van der Waals surface area contributed by atoms with E-state index in [1.165, 1.54) is 5.56 Å². The van der Waals surface area contributed by atoms with Crippen LogP contribution in [-0.4, -0.2) is 16.0 Å². The van der Waals surface area contributed by atoms with Crippen LogP contribution in [0.3, 0.4) is 0 Å². The molecular formula is C14H16ClN3. The number of anilines is 1. The van der Waals surface area contributed by atoms with Crippen molar-refractivity contribution < 1.29 is 0 Å². The highest BCUT2D eigenvalue weighted by atomic mass is 35.5. The second-order valence-electron chi connectivity index (χ2n) is 4.38. The van der Waals surface area contributed by atoms with E-state index in [4.69, 9.17) is 11.6 Å². The largest absolute Gasteiger partial charge is 0.347 e. The molecule has 0 bridgehead atoms. The van der Waals surface area contributed by atoms with Gasteiger partial charge < -0.3 is 4.90 Å². The molecule has 1 aromatic heterocycles. The quantitative estimate of drug-likeness (QED) is 0.843. The third kappa shape index (κ3) is 2.99. The smallest absolute Gasteiger partial charge is 0.171 e. The van der Waals surface area contributed by atoms with Crippen LogP contribution in [0.2, 0.25) is 5.15 Å². The number of hydrogen-bond donors (Lipinski definition) is 0. The van der Waals surface area contributed by atoms with Crippen molar-refractivity contribution in [3.8, 4) is 0 Å². The maximum absolute atomic E-state index is 6.11. The van der Waals surface area contributed by atoms with Gasteiger partial charge in [-0.05, 0) is 19.4 Å². The summed E-state index contributed by atoms with van der Waals surface area (Å²) in [5.74, 6) is 0.734. The van der Waals surface area contributed by atoms with E-state index >= 15 is 0 Å². The summed E-state index contributed by atoms with van der Waals surface area (Å²) in [6.07, 6.45) is 3.27. The topological polar surface area (TPSA) is 29.0 Å². The van der Waals surface area contributed by atoms with Crippen molar-refractivity contribution in [2.24, 2.45) is 0 Å². The van der Waals surface area contributed by atoms with Crippen LogP contribution in [0.1, 0.15) is 19.4 Å². The molecule has 0 saturated carbocycles. The lowest BCUT2D eigenvalue weighted by Gasteiger charge is -2.28. The number of rotatable bonds is 4. The van der Waals surface area contributed by atoms with Crippen molar-refractivity contribution >= 4 is 17.4 Å². The van der Waals surface area contributed by atoms with E-state index in [1.807, 2.05) is 18.2 Å². The molecule has 0 spiro atoms. The highest BCUT2D eigenvalue weighted by molar-refractivity contribution is 6.31. The van der Waals surface area contributed by atoms with Crippen LogP contribution in [0.15, 0.2) is 42.7 Å². The maximum atomic E-state index is 6.11. The van der Waals surface area contributed by atoms with E-state index in [0.717, 1.165) is 12.4 Å². The molecule has 0 saturated heterocycles. The van der Waals surface area contributed by atoms with Gasteiger partial charge >= 0.3 is 0 Å². The Kier molecular flexibility index (Phi) is 4.15. The Morgan fingerprint density at radius 2 is 1.78 bits per heavy atom. The highest BCUT2D eigenvalue weighted by Gasteiger charge is 2.16. The van der Waals surface area contributed by atoms with Gasteiger partial charge in [-0.2, -0.15) is 0 Å². The van der Waals surface area contributed by atoms with Gasteiger partial charge in [0.2, 0.25) is 0 Å². The predicted molar refractivity (Wildman–Crippen MR) is 74.8 cm³/mol. The molecular weight excluding hydrogens is 246 g/mol. The summed E-state index contributed by atoms with van der Waals surface area (Å²) in [4.78, 5) is 10.6. The molecule has 0 N–H and O–H groups in total. The van der Waals surface area contributed by atoms with Gasteiger partial charge in [0, 0.05) is 25.0 Å². The van der Waals surface area contributed by atoms with Gasteiger partial charge in [0.15, 0.2) is 11.0 Å². The summed E-state index contributed by atoms with van der Waals surface area (Å²) in [6.45, 7) is 5.01. The van der Waals surface area contributed by atoms with Crippen LogP contribution in [-0.2, 0) is 6.54 Å². The SMILES string of the molecule is CC(C)N(Cc1ccccc1)c1nccnc1Cl. The van der Waals surface area contributed by atoms with Gasteiger partial charge in [0.1, 0.15) is 0 Å². The lowest BCUT2D eigenvalue weighted by atomic mass is 10.2. The molecule has 94 valence electrons. The van der Waals surface area contributed by atoms with Crippen molar-refractivity contribution in [3.05, 3.63) is 53.4 Å². The summed E-state index contributed by atoms with van der Waals surface area (Å²) < 4.78 is 0. The minimum absolute atomic E-state index is 0.305. The van der Waals surface area contributed by atoms with E-state index in [1.54, 1.807) is 12.4 Å². The minimum atomic E-state index is 0.305. The summed E-state index contributed by atoms with van der Waals surface area (Å²) in [5.41, 5.74) is 1.23. The molecule has 0 radical (unpaired) electrons. The number of nitrogens with zero attached hydrogens (tertiary/aromatic N) is 3. The molecule has 0 atom stereocenters. The molecule has 2 aromatic rings.